The summed E-state index contributed by atoms with van der Waals surface area (Å²) in [6, 6.07) is 7.88. The van der Waals surface area contributed by atoms with Crippen LogP contribution in [-0.2, 0) is 12.8 Å². The number of hydrogen-bond donors (Lipinski definition) is 2. The van der Waals surface area contributed by atoms with Crippen LogP contribution in [0.4, 0.5) is 5.69 Å². The molecule has 0 radical (unpaired) electrons. The second-order valence-electron chi connectivity index (χ2n) is 7.69. The number of aromatic nitrogens is 1. The van der Waals surface area contributed by atoms with Crippen molar-refractivity contribution in [3.05, 3.63) is 45.1 Å². The van der Waals surface area contributed by atoms with Crippen molar-refractivity contribution in [2.45, 2.75) is 46.0 Å². The van der Waals surface area contributed by atoms with Crippen molar-refractivity contribution < 1.29 is 9.90 Å². The van der Waals surface area contributed by atoms with Gasteiger partial charge in [0.2, 0.25) is 5.88 Å². The molecule has 1 aromatic carbocycles. The van der Waals surface area contributed by atoms with Crippen molar-refractivity contribution in [3.63, 3.8) is 0 Å². The van der Waals surface area contributed by atoms with Crippen LogP contribution in [0, 0.1) is 5.92 Å². The minimum Gasteiger partial charge on any atom is -0.493 e. The number of aryl methyl sites for hydroxylation is 1. The summed E-state index contributed by atoms with van der Waals surface area (Å²) in [5.41, 5.74) is 3.51. The third-order valence-corrected chi connectivity index (χ3v) is 6.45. The fraction of sp³-hybridized carbons (Fsp3) is 0.381. The molecule has 2 heterocycles. The van der Waals surface area contributed by atoms with E-state index in [1.54, 1.807) is 0 Å². The molecule has 2 N–H and O–H groups in total. The highest BCUT2D eigenvalue weighted by Gasteiger charge is 2.21. The van der Waals surface area contributed by atoms with E-state index in [4.69, 9.17) is 0 Å². The maximum atomic E-state index is 12.5. The van der Waals surface area contributed by atoms with Crippen LogP contribution in [0.1, 0.15) is 58.8 Å². The van der Waals surface area contributed by atoms with Gasteiger partial charge >= 0.3 is 5.91 Å². The number of hydrogen-bond acceptors (Lipinski definition) is 4. The SMILES string of the molecule is CC(C)c1ccc2[nH]c(O)c(N=NC(=O)c3cc4c(s3)CC[C@@H](C)C4)c2c1. The average Bonchev–Trinajstić information content (AvgIpc) is 3.18. The number of carbonyl (C=O) groups is 1. The Morgan fingerprint density at radius 3 is 2.93 bits per heavy atom. The first-order valence-electron chi connectivity index (χ1n) is 9.34. The quantitative estimate of drug-likeness (QED) is 0.537. The number of nitrogens with one attached hydrogen (secondary N) is 1. The molecule has 27 heavy (non-hydrogen) atoms. The Morgan fingerprint density at radius 2 is 2.15 bits per heavy atom. The summed E-state index contributed by atoms with van der Waals surface area (Å²) in [7, 11) is 0. The van der Waals surface area contributed by atoms with Gasteiger partial charge in [-0.25, -0.2) is 0 Å². The lowest BCUT2D eigenvalue weighted by atomic mass is 9.90. The van der Waals surface area contributed by atoms with E-state index in [0.29, 0.717) is 22.4 Å². The highest BCUT2D eigenvalue weighted by molar-refractivity contribution is 7.14. The number of amides is 1. The number of fused-ring (bicyclic) bond motifs is 2. The highest BCUT2D eigenvalue weighted by atomic mass is 32.1. The van der Waals surface area contributed by atoms with Crippen molar-refractivity contribution in [1.82, 2.24) is 4.98 Å². The minimum absolute atomic E-state index is 0.0678. The molecule has 140 valence electrons. The maximum Gasteiger partial charge on any atom is 0.305 e. The van der Waals surface area contributed by atoms with Gasteiger partial charge in [-0.3, -0.25) is 4.79 Å². The molecule has 6 heteroatoms. The number of azo groups is 1. The Kier molecular flexibility index (Phi) is 4.60. The van der Waals surface area contributed by atoms with Crippen molar-refractivity contribution in [2.75, 3.05) is 0 Å². The zero-order valence-corrected chi connectivity index (χ0v) is 16.6. The summed E-state index contributed by atoms with van der Waals surface area (Å²) >= 11 is 1.52. The molecule has 2 aromatic heterocycles. The summed E-state index contributed by atoms with van der Waals surface area (Å²) in [4.78, 5) is 17.3. The van der Waals surface area contributed by atoms with Gasteiger partial charge in [0.25, 0.3) is 0 Å². The molecule has 0 bridgehead atoms. The number of thiophene rings is 1. The van der Waals surface area contributed by atoms with Gasteiger partial charge in [-0.15, -0.1) is 21.6 Å². The summed E-state index contributed by atoms with van der Waals surface area (Å²) in [5, 5.41) is 19.0. The Bertz CT molecular complexity index is 1050. The summed E-state index contributed by atoms with van der Waals surface area (Å²) in [6.45, 7) is 6.46. The molecule has 5 nitrogen and oxygen atoms in total. The molecular weight excluding hydrogens is 358 g/mol. The number of benzene rings is 1. The van der Waals surface area contributed by atoms with E-state index in [2.05, 4.69) is 36.0 Å². The van der Waals surface area contributed by atoms with Crippen LogP contribution in [0.15, 0.2) is 34.5 Å². The topological polar surface area (TPSA) is 77.8 Å². The van der Waals surface area contributed by atoms with Gasteiger partial charge in [0.05, 0.1) is 10.4 Å². The molecule has 1 aliphatic carbocycles. The predicted octanol–water partition coefficient (Wildman–Crippen LogP) is 6.11. The van der Waals surface area contributed by atoms with Crippen molar-refractivity contribution >= 4 is 33.8 Å². The molecule has 4 rings (SSSR count). The molecule has 1 atom stereocenters. The van der Waals surface area contributed by atoms with Gasteiger partial charge in [0.1, 0.15) is 0 Å². The molecule has 0 spiro atoms. The first-order chi connectivity index (χ1) is 12.9. The monoisotopic (exact) mass is 381 g/mol. The molecule has 0 aliphatic heterocycles. The number of aromatic hydroxyl groups is 1. The lowest BCUT2D eigenvalue weighted by Crippen LogP contribution is -2.08. The van der Waals surface area contributed by atoms with Crippen LogP contribution in [0.2, 0.25) is 0 Å². The largest absolute Gasteiger partial charge is 0.493 e. The predicted molar refractivity (Wildman–Crippen MR) is 108 cm³/mol. The molecular formula is C21H23N3O2S. The maximum absolute atomic E-state index is 12.5. The third kappa shape index (κ3) is 3.41. The van der Waals surface area contributed by atoms with Gasteiger partial charge in [0.15, 0.2) is 5.69 Å². The summed E-state index contributed by atoms with van der Waals surface area (Å²) in [5.74, 6) is 0.602. The molecule has 0 fully saturated rings. The molecule has 0 saturated heterocycles. The smallest absolute Gasteiger partial charge is 0.305 e. The van der Waals surface area contributed by atoms with E-state index in [0.717, 1.165) is 29.3 Å². The third-order valence-electron chi connectivity index (χ3n) is 5.22. The Morgan fingerprint density at radius 1 is 1.33 bits per heavy atom. The van der Waals surface area contributed by atoms with Crippen LogP contribution in [0.25, 0.3) is 10.9 Å². The fourth-order valence-electron chi connectivity index (χ4n) is 3.60. The molecule has 0 saturated carbocycles. The van der Waals surface area contributed by atoms with Gasteiger partial charge in [0, 0.05) is 10.3 Å². The number of carbonyl (C=O) groups excluding carboxylic acids is 1. The van der Waals surface area contributed by atoms with Gasteiger partial charge in [-0.05, 0) is 60.4 Å². The highest BCUT2D eigenvalue weighted by Crippen LogP contribution is 2.37. The Labute approximate surface area is 162 Å². The van der Waals surface area contributed by atoms with E-state index in [-0.39, 0.29) is 11.8 Å². The zero-order chi connectivity index (χ0) is 19.1. The Balaban J connectivity index is 1.63. The van der Waals surface area contributed by atoms with Crippen molar-refractivity contribution in [1.29, 1.82) is 0 Å². The Hall–Kier alpha value is -2.47. The lowest BCUT2D eigenvalue weighted by Gasteiger charge is -2.16. The molecule has 0 unspecified atom stereocenters. The van der Waals surface area contributed by atoms with Crippen LogP contribution in [0.5, 0.6) is 5.88 Å². The van der Waals surface area contributed by atoms with Crippen LogP contribution in [0.3, 0.4) is 0 Å². The van der Waals surface area contributed by atoms with E-state index < -0.39 is 0 Å². The fourth-order valence-corrected chi connectivity index (χ4v) is 4.69. The lowest BCUT2D eigenvalue weighted by molar-refractivity contribution is 0.0999. The number of H-pyrrole nitrogens is 1. The first kappa shape index (κ1) is 17.9. The van der Waals surface area contributed by atoms with E-state index in [1.165, 1.54) is 28.2 Å². The van der Waals surface area contributed by atoms with Gasteiger partial charge < -0.3 is 10.1 Å². The molecule has 1 amide bonds. The first-order valence-corrected chi connectivity index (χ1v) is 10.2. The standard InChI is InChI=1S/C21H23N3O2S/c1-11(2)13-5-6-16-15(9-13)19(21(26)22-16)23-24-20(25)18-10-14-8-12(3)4-7-17(14)27-18/h5-6,9-12,22,26H,4,7-8H2,1-3H3/t12-/m1/s1. The number of aromatic amines is 1. The van der Waals surface area contributed by atoms with Crippen molar-refractivity contribution in [3.8, 4) is 5.88 Å². The number of rotatable bonds is 3. The zero-order valence-electron chi connectivity index (χ0n) is 15.7. The summed E-state index contributed by atoms with van der Waals surface area (Å²) in [6.07, 6.45) is 3.23. The van der Waals surface area contributed by atoms with Gasteiger partial charge in [-0.2, -0.15) is 0 Å². The normalized spacial score (nSPS) is 17.1. The van der Waals surface area contributed by atoms with Crippen LogP contribution in [-0.4, -0.2) is 16.0 Å². The second-order valence-corrected chi connectivity index (χ2v) is 8.83. The minimum atomic E-state index is -0.351. The summed E-state index contributed by atoms with van der Waals surface area (Å²) < 4.78 is 0. The van der Waals surface area contributed by atoms with E-state index >= 15 is 0 Å². The molecule has 1 aliphatic rings. The van der Waals surface area contributed by atoms with Gasteiger partial charge in [-0.1, -0.05) is 26.8 Å². The number of nitrogens with zero attached hydrogens (tertiary/aromatic N) is 2. The van der Waals surface area contributed by atoms with E-state index in [1.807, 2.05) is 24.3 Å². The second kappa shape index (κ2) is 6.93. The van der Waals surface area contributed by atoms with Crippen LogP contribution < -0.4 is 0 Å². The van der Waals surface area contributed by atoms with Crippen LogP contribution >= 0.6 is 11.3 Å². The van der Waals surface area contributed by atoms with E-state index in [9.17, 15) is 9.90 Å². The molecule has 3 aromatic rings. The van der Waals surface area contributed by atoms with Crippen molar-refractivity contribution in [2.24, 2.45) is 16.1 Å². The average molecular weight is 382 g/mol.